The van der Waals surface area contributed by atoms with E-state index in [9.17, 15) is 30.3 Å². The highest BCUT2D eigenvalue weighted by molar-refractivity contribution is 5.98. The molecular formula is C64H79N3O8. The zero-order valence-corrected chi connectivity index (χ0v) is 44.2. The number of carbonyl (C=O) groups is 2. The lowest BCUT2D eigenvalue weighted by atomic mass is 9.52. The van der Waals surface area contributed by atoms with Gasteiger partial charge in [0.15, 0.2) is 5.78 Å². The molecule has 11 nitrogen and oxygen atoms in total. The number of ether oxygens (including phenoxy) is 1. The normalized spacial score (nSPS) is 33.4. The van der Waals surface area contributed by atoms with Crippen molar-refractivity contribution in [2.45, 2.75) is 159 Å². The fourth-order valence-corrected chi connectivity index (χ4v) is 14.1. The summed E-state index contributed by atoms with van der Waals surface area (Å²) in [6, 6.07) is 19.8. The third-order valence-corrected chi connectivity index (χ3v) is 18.1. The van der Waals surface area contributed by atoms with Crippen LogP contribution >= 0.6 is 0 Å². The number of hydrogen-bond donors (Lipinski definition) is 8. The Morgan fingerprint density at radius 2 is 1.71 bits per heavy atom. The quantitative estimate of drug-likeness (QED) is 0.0911. The number of amides is 1. The molecular weight excluding hydrogens is 939 g/mol. The summed E-state index contributed by atoms with van der Waals surface area (Å²) in [4.78, 5) is 29.2. The predicted octanol–water partition coefficient (Wildman–Crippen LogP) is 8.58. The molecule has 3 aromatic carbocycles. The molecule has 3 saturated carbocycles. The number of aliphatic hydroxyl groups is 4. The van der Waals surface area contributed by atoms with Crippen molar-refractivity contribution in [1.82, 2.24) is 10.6 Å². The third kappa shape index (κ3) is 11.8. The van der Waals surface area contributed by atoms with E-state index in [-0.39, 0.29) is 60.9 Å². The maximum atomic E-state index is 15.2. The minimum Gasteiger partial charge on any atom is -0.508 e. The number of ketones is 1. The number of Topliss-reactive ketones (excluding diaryl/α,β-unsaturated/α-hetero) is 1. The number of phenols is 1. The zero-order valence-electron chi connectivity index (χ0n) is 44.2. The van der Waals surface area contributed by atoms with Crippen molar-refractivity contribution in [3.63, 3.8) is 0 Å². The summed E-state index contributed by atoms with van der Waals surface area (Å²) in [6.45, 7) is 10.5. The first kappa shape index (κ1) is 54.4. The summed E-state index contributed by atoms with van der Waals surface area (Å²) in [7, 11) is 0. The minimum atomic E-state index is -1.33. The van der Waals surface area contributed by atoms with Gasteiger partial charge in [-0.3, -0.25) is 14.9 Å². The molecule has 2 bridgehead atoms. The van der Waals surface area contributed by atoms with Gasteiger partial charge in [0.05, 0.1) is 30.0 Å². The van der Waals surface area contributed by atoms with E-state index in [1.165, 1.54) is 5.57 Å². The summed E-state index contributed by atoms with van der Waals surface area (Å²) < 4.78 is 6.66. The number of β-amino-alcohol motifs (C(OH)–C–C–N with tert-alkyl or cyclic N) is 1. The SMILES string of the molecule is C=C1C=CC=C2C(CCCC3CC4(C5CCC(O)Cc6cccc(c6)CC(Cc6ccc(O)cc6)C(O)CNC6C(=O)NC(N)c7cccc(c76)CC(=O)C(C)=C5CCC4(C)O)C(O)C23)OCC#CCC(C)=CCC1. The van der Waals surface area contributed by atoms with Gasteiger partial charge in [-0.1, -0.05) is 120 Å². The van der Waals surface area contributed by atoms with E-state index in [4.69, 9.17) is 10.5 Å². The van der Waals surface area contributed by atoms with Gasteiger partial charge in [-0.2, -0.15) is 0 Å². The number of phenolic OH excluding ortho intramolecular Hbond substituents is 1. The molecule has 6 aliphatic rings. The van der Waals surface area contributed by atoms with E-state index in [1.54, 1.807) is 12.1 Å². The van der Waals surface area contributed by atoms with Gasteiger partial charge in [-0.05, 0) is 172 Å². The summed E-state index contributed by atoms with van der Waals surface area (Å²) >= 11 is 0. The standard InChI is InChI=1S/C64H79N3O8/c1-39-12-5-6-31-75-56-22-11-19-46-37-64(60(72)58(46)51(56)20-8-15-40(2)14-7-13-39)53-28-27-49(69)35-44-17-9-16-43(32-44)34-47(33-42-23-25-48(68)26-24-42)55(71)38-66-59-57-45(18-10-21-52(57)61(65)67-62(59)73)36-54(70)41(3)50(53)29-30-63(64,4)74/h8-10,13,15-18,20-21,23-26,32,46-47,49,53,55-56,58-61,66,68-69,71-72,74H,2,7,11-12,14,19,22,27-31,33-38,65H2,1,3-4H3,(H,67,73). The number of rotatable bonds is 2. The van der Waals surface area contributed by atoms with Crippen molar-refractivity contribution in [2.24, 2.45) is 34.8 Å². The molecule has 3 fully saturated rings. The van der Waals surface area contributed by atoms with E-state index in [0.717, 1.165) is 65.5 Å². The average molecular weight is 1020 g/mol. The Bertz CT molecular complexity index is 2800. The van der Waals surface area contributed by atoms with Crippen molar-refractivity contribution in [3.8, 4) is 17.6 Å². The first-order chi connectivity index (χ1) is 36.0. The van der Waals surface area contributed by atoms with Gasteiger partial charge in [0.25, 0.3) is 0 Å². The molecule has 0 aromatic heterocycles. The van der Waals surface area contributed by atoms with Crippen LogP contribution in [0, 0.1) is 40.9 Å². The summed E-state index contributed by atoms with van der Waals surface area (Å²) in [5, 5.41) is 67.2. The van der Waals surface area contributed by atoms with Crippen LogP contribution in [0.15, 0.2) is 125 Å². The highest BCUT2D eigenvalue weighted by atomic mass is 16.5. The number of nitrogens with one attached hydrogen (secondary N) is 2. The minimum absolute atomic E-state index is 0.0130. The number of aliphatic hydroxyl groups excluding tert-OH is 3. The number of benzene rings is 3. The second kappa shape index (κ2) is 23.4. The van der Waals surface area contributed by atoms with Crippen LogP contribution < -0.4 is 16.4 Å². The first-order valence-electron chi connectivity index (χ1n) is 27.6. The number of allylic oxidation sites excluding steroid dienone is 8. The van der Waals surface area contributed by atoms with E-state index in [1.807, 2.05) is 68.5 Å². The number of hydrogen-bond acceptors (Lipinski definition) is 10. The largest absolute Gasteiger partial charge is 0.508 e. The van der Waals surface area contributed by atoms with Gasteiger partial charge in [-0.15, -0.1) is 0 Å². The Morgan fingerprint density at radius 1 is 0.933 bits per heavy atom. The molecule has 0 saturated heterocycles. The van der Waals surface area contributed by atoms with Gasteiger partial charge in [0, 0.05) is 30.7 Å². The highest BCUT2D eigenvalue weighted by Crippen LogP contribution is 2.66. The molecule has 3 heterocycles. The Labute approximate surface area is 444 Å². The van der Waals surface area contributed by atoms with Crippen molar-refractivity contribution < 1.29 is 39.9 Å². The van der Waals surface area contributed by atoms with E-state index in [2.05, 4.69) is 60.3 Å². The lowest BCUT2D eigenvalue weighted by Crippen LogP contribution is -2.59. The molecule has 9 N–H and O–H groups in total. The lowest BCUT2D eigenvalue weighted by molar-refractivity contribution is -0.169. The Kier molecular flexibility index (Phi) is 17.0. The maximum absolute atomic E-state index is 15.2. The van der Waals surface area contributed by atoms with Gasteiger partial charge in [0.2, 0.25) is 5.91 Å². The topological polar surface area (TPSA) is 195 Å². The van der Waals surface area contributed by atoms with Crippen LogP contribution in [-0.4, -0.2) is 80.4 Å². The zero-order chi connectivity index (χ0) is 53.0. The van der Waals surface area contributed by atoms with Crippen molar-refractivity contribution in [1.29, 1.82) is 0 Å². The van der Waals surface area contributed by atoms with E-state index in [0.29, 0.717) is 80.1 Å². The molecule has 11 heteroatoms. The molecule has 3 aliphatic carbocycles. The van der Waals surface area contributed by atoms with Crippen LogP contribution in [0.25, 0.3) is 0 Å². The number of aromatic hydroxyl groups is 1. The van der Waals surface area contributed by atoms with Gasteiger partial charge in [0.1, 0.15) is 24.6 Å². The Morgan fingerprint density at radius 3 is 2.51 bits per heavy atom. The van der Waals surface area contributed by atoms with Crippen molar-refractivity contribution >= 4 is 11.7 Å². The van der Waals surface area contributed by atoms with Crippen LogP contribution in [0.4, 0.5) is 0 Å². The molecule has 0 radical (unpaired) electrons. The van der Waals surface area contributed by atoms with Gasteiger partial charge < -0.3 is 41.3 Å². The molecule has 3 aromatic rings. The summed E-state index contributed by atoms with van der Waals surface area (Å²) in [6.07, 6.45) is 13.0. The van der Waals surface area contributed by atoms with Gasteiger partial charge >= 0.3 is 0 Å². The summed E-state index contributed by atoms with van der Waals surface area (Å²) in [5.41, 5.74) is 13.7. The van der Waals surface area contributed by atoms with E-state index < -0.39 is 47.5 Å². The van der Waals surface area contributed by atoms with E-state index >= 15 is 4.79 Å². The fraction of sp³-hybridized carbons (Fsp3) is 0.500. The molecule has 9 rings (SSSR count). The number of carbonyl (C=O) groups excluding carboxylic acids is 2. The van der Waals surface area contributed by atoms with Crippen LogP contribution in [0.3, 0.4) is 0 Å². The van der Waals surface area contributed by atoms with Crippen molar-refractivity contribution in [3.05, 3.63) is 159 Å². The predicted molar refractivity (Wildman–Crippen MR) is 293 cm³/mol. The van der Waals surface area contributed by atoms with Crippen LogP contribution in [0.2, 0.25) is 0 Å². The molecule has 12 atom stereocenters. The average Bonchev–Trinajstić information content (AvgIpc) is 3.61. The maximum Gasteiger partial charge on any atom is 0.243 e. The number of fused-ring (bicyclic) bond motifs is 7. The fourth-order valence-electron chi connectivity index (χ4n) is 14.1. The number of nitrogens with two attached hydrogens (primary N) is 1. The Balaban J connectivity index is 1.12. The lowest BCUT2D eigenvalue weighted by Gasteiger charge is -2.56. The molecule has 75 heavy (non-hydrogen) atoms. The van der Waals surface area contributed by atoms with Crippen LogP contribution in [0.5, 0.6) is 5.75 Å². The van der Waals surface area contributed by atoms with Crippen LogP contribution in [0.1, 0.15) is 137 Å². The highest BCUT2D eigenvalue weighted by Gasteiger charge is 2.67. The molecule has 1 amide bonds. The first-order valence-corrected chi connectivity index (χ1v) is 27.6. The molecule has 1 spiro atoms. The molecule has 398 valence electrons. The molecule has 3 aliphatic heterocycles. The van der Waals surface area contributed by atoms with Gasteiger partial charge in [-0.25, -0.2) is 0 Å². The summed E-state index contributed by atoms with van der Waals surface area (Å²) in [5.74, 6) is 5.12. The third-order valence-electron chi connectivity index (χ3n) is 18.1. The smallest absolute Gasteiger partial charge is 0.243 e. The van der Waals surface area contributed by atoms with Crippen molar-refractivity contribution in [2.75, 3.05) is 13.2 Å². The Hall–Kier alpha value is -5.42. The second-order valence-corrected chi connectivity index (χ2v) is 23.0. The molecule has 12 unspecified atom stereocenters. The second-order valence-electron chi connectivity index (χ2n) is 23.0. The van der Waals surface area contributed by atoms with Crippen LogP contribution in [-0.2, 0) is 40.0 Å². The monoisotopic (exact) mass is 1020 g/mol.